The maximum Gasteiger partial charge on any atom is 0.278 e. The number of nitro benzene ring substituents is 1. The molecule has 0 bridgehead atoms. The van der Waals surface area contributed by atoms with Gasteiger partial charge in [0.2, 0.25) is 0 Å². The number of nitro groups is 1. The lowest BCUT2D eigenvalue weighted by atomic mass is 10.0. The molecule has 6 heteroatoms. The number of benzene rings is 2. The van der Waals surface area contributed by atoms with Crippen LogP contribution in [0.4, 0.5) is 5.69 Å². The van der Waals surface area contributed by atoms with E-state index in [0.717, 1.165) is 5.56 Å². The van der Waals surface area contributed by atoms with Crippen molar-refractivity contribution in [2.75, 3.05) is 0 Å². The van der Waals surface area contributed by atoms with Gasteiger partial charge >= 0.3 is 0 Å². The molecule has 6 nitrogen and oxygen atoms in total. The van der Waals surface area contributed by atoms with E-state index in [9.17, 15) is 14.9 Å². The van der Waals surface area contributed by atoms with Crippen LogP contribution in [0.1, 0.15) is 41.3 Å². The molecule has 0 aliphatic carbocycles. The minimum absolute atomic E-state index is 0.0632. The molecule has 2 aromatic rings. The lowest BCUT2D eigenvalue weighted by Gasteiger charge is -2.05. The first-order valence-electron chi connectivity index (χ1n) is 7.16. The molecule has 0 aromatic heterocycles. The van der Waals surface area contributed by atoms with E-state index in [1.165, 1.54) is 12.3 Å². The molecule has 2 aromatic carbocycles. The van der Waals surface area contributed by atoms with Crippen molar-refractivity contribution in [1.29, 1.82) is 0 Å². The normalized spacial score (nSPS) is 10.9. The van der Waals surface area contributed by atoms with E-state index in [1.54, 1.807) is 30.3 Å². The number of hydrogen-bond donors (Lipinski definition) is 1. The van der Waals surface area contributed by atoms with E-state index < -0.39 is 4.92 Å². The first-order valence-corrected chi connectivity index (χ1v) is 7.16. The Kier molecular flexibility index (Phi) is 5.19. The summed E-state index contributed by atoms with van der Waals surface area (Å²) < 4.78 is 0. The fourth-order valence-electron chi connectivity index (χ4n) is 2.01. The fourth-order valence-corrected chi connectivity index (χ4v) is 2.01. The number of carbonyl (C=O) groups excluding carboxylic acids is 1. The van der Waals surface area contributed by atoms with Gasteiger partial charge in [-0.15, -0.1) is 0 Å². The van der Waals surface area contributed by atoms with Gasteiger partial charge in [0.25, 0.3) is 11.6 Å². The van der Waals surface area contributed by atoms with E-state index in [4.69, 9.17) is 0 Å². The van der Waals surface area contributed by atoms with Gasteiger partial charge in [-0.3, -0.25) is 14.9 Å². The standard InChI is InChI=1S/C17H17N3O3/c1-12(2)13-7-9-14(10-8-13)17(21)19-18-11-15-5-3-4-6-16(15)20(22)23/h3-12H,1-2H3,(H,19,21). The van der Waals surface area contributed by atoms with Gasteiger partial charge in [-0.05, 0) is 29.7 Å². The summed E-state index contributed by atoms with van der Waals surface area (Å²) in [6.07, 6.45) is 1.26. The lowest BCUT2D eigenvalue weighted by molar-refractivity contribution is -0.385. The average molecular weight is 311 g/mol. The predicted octanol–water partition coefficient (Wildman–Crippen LogP) is 3.48. The van der Waals surface area contributed by atoms with Crippen molar-refractivity contribution in [3.63, 3.8) is 0 Å². The number of amides is 1. The monoisotopic (exact) mass is 311 g/mol. The minimum Gasteiger partial charge on any atom is -0.267 e. The predicted molar refractivity (Wildman–Crippen MR) is 88.7 cm³/mol. The quantitative estimate of drug-likeness (QED) is 0.521. The highest BCUT2D eigenvalue weighted by atomic mass is 16.6. The van der Waals surface area contributed by atoms with Crippen LogP contribution >= 0.6 is 0 Å². The third-order valence-electron chi connectivity index (χ3n) is 3.34. The molecule has 0 fully saturated rings. The zero-order chi connectivity index (χ0) is 16.8. The van der Waals surface area contributed by atoms with E-state index in [-0.39, 0.29) is 11.6 Å². The topological polar surface area (TPSA) is 84.6 Å². The number of hydrogen-bond acceptors (Lipinski definition) is 4. The highest BCUT2D eigenvalue weighted by Gasteiger charge is 2.10. The van der Waals surface area contributed by atoms with E-state index >= 15 is 0 Å². The Morgan fingerprint density at radius 3 is 2.43 bits per heavy atom. The zero-order valence-electron chi connectivity index (χ0n) is 12.9. The summed E-state index contributed by atoms with van der Waals surface area (Å²) in [5, 5.41) is 14.7. The van der Waals surface area contributed by atoms with Crippen LogP contribution in [0, 0.1) is 10.1 Å². The summed E-state index contributed by atoms with van der Waals surface area (Å²) in [5.41, 5.74) is 4.26. The Balaban J connectivity index is 2.05. The Morgan fingerprint density at radius 1 is 1.17 bits per heavy atom. The molecule has 0 saturated heterocycles. The highest BCUT2D eigenvalue weighted by Crippen LogP contribution is 2.16. The van der Waals surface area contributed by atoms with Crippen molar-refractivity contribution in [2.24, 2.45) is 5.10 Å². The summed E-state index contributed by atoms with van der Waals surface area (Å²) in [6, 6.07) is 13.4. The SMILES string of the molecule is CC(C)c1ccc(C(=O)NN=Cc2ccccc2[N+](=O)[O-])cc1. The fraction of sp³-hybridized carbons (Fsp3) is 0.176. The van der Waals surface area contributed by atoms with Crippen LogP contribution in [0.25, 0.3) is 0 Å². The van der Waals surface area contributed by atoms with Gasteiger partial charge < -0.3 is 0 Å². The summed E-state index contributed by atoms with van der Waals surface area (Å²) in [7, 11) is 0. The van der Waals surface area contributed by atoms with Crippen LogP contribution in [0.3, 0.4) is 0 Å². The average Bonchev–Trinajstić information content (AvgIpc) is 2.55. The third kappa shape index (κ3) is 4.23. The number of carbonyl (C=O) groups is 1. The molecule has 0 aliphatic rings. The smallest absolute Gasteiger partial charge is 0.267 e. The molecule has 0 saturated carbocycles. The molecule has 0 aliphatic heterocycles. The molecule has 0 spiro atoms. The number of rotatable bonds is 5. The van der Waals surface area contributed by atoms with Crippen LogP contribution in [0.15, 0.2) is 53.6 Å². The Bertz CT molecular complexity index is 737. The third-order valence-corrected chi connectivity index (χ3v) is 3.34. The van der Waals surface area contributed by atoms with Crippen molar-refractivity contribution < 1.29 is 9.72 Å². The van der Waals surface area contributed by atoms with Crippen molar-refractivity contribution in [1.82, 2.24) is 5.43 Å². The van der Waals surface area contributed by atoms with Gasteiger partial charge in [-0.2, -0.15) is 5.10 Å². The van der Waals surface area contributed by atoms with Gasteiger partial charge in [0.05, 0.1) is 16.7 Å². The zero-order valence-corrected chi connectivity index (χ0v) is 12.9. The summed E-state index contributed by atoms with van der Waals surface area (Å²) >= 11 is 0. The summed E-state index contributed by atoms with van der Waals surface area (Å²) in [6.45, 7) is 4.15. The van der Waals surface area contributed by atoms with Gasteiger partial charge in [0.1, 0.15) is 0 Å². The molecule has 2 rings (SSSR count). The Labute approximate surface area is 134 Å². The molecule has 0 radical (unpaired) electrons. The van der Waals surface area contributed by atoms with E-state index in [2.05, 4.69) is 24.4 Å². The highest BCUT2D eigenvalue weighted by molar-refractivity contribution is 5.95. The van der Waals surface area contributed by atoms with E-state index in [0.29, 0.717) is 17.0 Å². The molecule has 118 valence electrons. The Hall–Kier alpha value is -3.02. The lowest BCUT2D eigenvalue weighted by Crippen LogP contribution is -2.17. The van der Waals surface area contributed by atoms with E-state index in [1.807, 2.05) is 12.1 Å². The second-order valence-corrected chi connectivity index (χ2v) is 5.29. The number of nitrogens with one attached hydrogen (secondary N) is 1. The maximum absolute atomic E-state index is 12.0. The van der Waals surface area contributed by atoms with Crippen molar-refractivity contribution in [3.05, 3.63) is 75.3 Å². The van der Waals surface area contributed by atoms with Gasteiger partial charge in [0, 0.05) is 11.6 Å². The summed E-state index contributed by atoms with van der Waals surface area (Å²) in [4.78, 5) is 22.4. The van der Waals surface area contributed by atoms with Gasteiger partial charge in [0.15, 0.2) is 0 Å². The molecular formula is C17H17N3O3. The number of hydrazone groups is 1. The van der Waals surface area contributed by atoms with Gasteiger partial charge in [-0.1, -0.05) is 38.1 Å². The molecule has 0 heterocycles. The summed E-state index contributed by atoms with van der Waals surface area (Å²) in [5.74, 6) is 0.0268. The second kappa shape index (κ2) is 7.31. The van der Waals surface area contributed by atoms with Crippen LogP contribution in [-0.2, 0) is 0 Å². The van der Waals surface area contributed by atoms with Crippen molar-refractivity contribution >= 4 is 17.8 Å². The second-order valence-electron chi connectivity index (χ2n) is 5.29. The largest absolute Gasteiger partial charge is 0.278 e. The van der Waals surface area contributed by atoms with Crippen molar-refractivity contribution in [3.8, 4) is 0 Å². The molecule has 0 unspecified atom stereocenters. The Morgan fingerprint density at radius 2 is 1.83 bits per heavy atom. The molecule has 1 N–H and O–H groups in total. The van der Waals surface area contributed by atoms with Crippen molar-refractivity contribution in [2.45, 2.75) is 19.8 Å². The number of nitrogens with zero attached hydrogens (tertiary/aromatic N) is 2. The van der Waals surface area contributed by atoms with Gasteiger partial charge in [-0.25, -0.2) is 5.43 Å². The molecule has 0 atom stereocenters. The van der Waals surface area contributed by atoms with Crippen LogP contribution in [-0.4, -0.2) is 17.0 Å². The number of para-hydroxylation sites is 1. The van der Waals surface area contributed by atoms with Crippen LogP contribution in [0.5, 0.6) is 0 Å². The molecule has 1 amide bonds. The minimum atomic E-state index is -0.492. The molecule has 23 heavy (non-hydrogen) atoms. The van der Waals surface area contributed by atoms with Crippen LogP contribution < -0.4 is 5.43 Å². The maximum atomic E-state index is 12.0. The van der Waals surface area contributed by atoms with Crippen LogP contribution in [0.2, 0.25) is 0 Å². The first kappa shape index (κ1) is 16.4. The first-order chi connectivity index (χ1) is 11.0. The molecular weight excluding hydrogens is 294 g/mol.